The Labute approximate surface area is 53.9 Å². The fraction of sp³-hybridized carbons (Fsp3) is 0.800. The predicted octanol–water partition coefficient (Wildman–Crippen LogP) is 1.31. The van der Waals surface area contributed by atoms with Gasteiger partial charge in [-0.25, -0.2) is 0 Å². The van der Waals surface area contributed by atoms with Crippen molar-refractivity contribution in [2.24, 2.45) is 5.10 Å². The standard InChI is InChI=1S/C5H9ClN2/c1-4-2-3-5(6)8-7-4/h5,8H,2-3H2,1H3. The number of nitrogens with one attached hydrogen (secondary N) is 1. The maximum Gasteiger partial charge on any atom is 0.118 e. The third-order valence-electron chi connectivity index (χ3n) is 1.16. The highest BCUT2D eigenvalue weighted by molar-refractivity contribution is 6.20. The van der Waals surface area contributed by atoms with Crippen molar-refractivity contribution in [1.29, 1.82) is 0 Å². The summed E-state index contributed by atoms with van der Waals surface area (Å²) in [5.41, 5.74) is 3.98. The van der Waals surface area contributed by atoms with E-state index in [1.165, 1.54) is 0 Å². The number of nitrogens with zero attached hydrogens (tertiary/aromatic N) is 1. The summed E-state index contributed by atoms with van der Waals surface area (Å²) >= 11 is 5.66. The summed E-state index contributed by atoms with van der Waals surface area (Å²) in [6.07, 6.45) is 2.03. The Hall–Kier alpha value is -0.240. The summed E-state index contributed by atoms with van der Waals surface area (Å²) in [5, 5.41) is 3.95. The van der Waals surface area contributed by atoms with Crippen LogP contribution in [-0.4, -0.2) is 11.2 Å². The van der Waals surface area contributed by atoms with Gasteiger partial charge in [0.15, 0.2) is 0 Å². The van der Waals surface area contributed by atoms with Crippen molar-refractivity contribution in [3.05, 3.63) is 0 Å². The molecular formula is C5H9ClN2. The van der Waals surface area contributed by atoms with Crippen molar-refractivity contribution in [2.45, 2.75) is 25.3 Å². The molecule has 1 aliphatic rings. The van der Waals surface area contributed by atoms with E-state index in [1.54, 1.807) is 0 Å². The number of rotatable bonds is 0. The van der Waals surface area contributed by atoms with E-state index < -0.39 is 0 Å². The van der Waals surface area contributed by atoms with Crippen LogP contribution in [0.25, 0.3) is 0 Å². The van der Waals surface area contributed by atoms with E-state index in [9.17, 15) is 0 Å². The molecule has 8 heavy (non-hydrogen) atoms. The third-order valence-corrected chi connectivity index (χ3v) is 1.47. The molecule has 0 aromatic heterocycles. The van der Waals surface area contributed by atoms with Gasteiger partial charge in [0, 0.05) is 5.71 Å². The van der Waals surface area contributed by atoms with Gasteiger partial charge >= 0.3 is 0 Å². The molecule has 0 aromatic rings. The van der Waals surface area contributed by atoms with Crippen molar-refractivity contribution in [3.8, 4) is 0 Å². The Morgan fingerprint density at radius 1 is 1.88 bits per heavy atom. The number of halogens is 1. The summed E-state index contributed by atoms with van der Waals surface area (Å²) < 4.78 is 0. The van der Waals surface area contributed by atoms with Gasteiger partial charge in [0.2, 0.25) is 0 Å². The van der Waals surface area contributed by atoms with Crippen LogP contribution in [0.1, 0.15) is 19.8 Å². The van der Waals surface area contributed by atoms with E-state index in [0.717, 1.165) is 18.6 Å². The van der Waals surface area contributed by atoms with Crippen molar-refractivity contribution in [2.75, 3.05) is 0 Å². The molecule has 1 unspecified atom stereocenters. The molecule has 0 aliphatic carbocycles. The van der Waals surface area contributed by atoms with Crippen LogP contribution in [0.5, 0.6) is 0 Å². The molecule has 1 aliphatic heterocycles. The molecule has 0 radical (unpaired) electrons. The second-order valence-corrected chi connectivity index (χ2v) is 2.51. The Balaban J connectivity index is 2.42. The van der Waals surface area contributed by atoms with Crippen LogP contribution in [0.2, 0.25) is 0 Å². The zero-order chi connectivity index (χ0) is 5.98. The van der Waals surface area contributed by atoms with Crippen LogP contribution < -0.4 is 5.43 Å². The van der Waals surface area contributed by atoms with Crippen LogP contribution in [0.4, 0.5) is 0 Å². The first-order valence-corrected chi connectivity index (χ1v) is 3.15. The fourth-order valence-electron chi connectivity index (χ4n) is 0.636. The maximum absolute atomic E-state index is 5.66. The minimum atomic E-state index is 0.0544. The lowest BCUT2D eigenvalue weighted by molar-refractivity contribution is 0.609. The van der Waals surface area contributed by atoms with Crippen LogP contribution in [0.3, 0.4) is 0 Å². The number of alkyl halides is 1. The lowest BCUT2D eigenvalue weighted by atomic mass is 10.2. The summed E-state index contributed by atoms with van der Waals surface area (Å²) in [6, 6.07) is 0. The highest BCUT2D eigenvalue weighted by atomic mass is 35.5. The van der Waals surface area contributed by atoms with E-state index in [2.05, 4.69) is 10.5 Å². The minimum Gasteiger partial charge on any atom is -0.292 e. The summed E-state index contributed by atoms with van der Waals surface area (Å²) in [5.74, 6) is 0. The zero-order valence-electron chi connectivity index (χ0n) is 4.82. The maximum atomic E-state index is 5.66. The van der Waals surface area contributed by atoms with Gasteiger partial charge in [0.25, 0.3) is 0 Å². The molecule has 0 bridgehead atoms. The van der Waals surface area contributed by atoms with E-state index in [0.29, 0.717) is 0 Å². The van der Waals surface area contributed by atoms with Gasteiger partial charge in [-0.2, -0.15) is 5.10 Å². The summed E-state index contributed by atoms with van der Waals surface area (Å²) in [6.45, 7) is 2.00. The Morgan fingerprint density at radius 2 is 2.62 bits per heavy atom. The molecule has 1 N–H and O–H groups in total. The first-order chi connectivity index (χ1) is 3.79. The molecule has 1 heterocycles. The molecule has 0 spiro atoms. The normalized spacial score (nSPS) is 28.8. The van der Waals surface area contributed by atoms with E-state index in [-0.39, 0.29) is 5.50 Å². The predicted molar refractivity (Wildman–Crippen MR) is 35.1 cm³/mol. The largest absolute Gasteiger partial charge is 0.292 e. The molecule has 0 saturated carbocycles. The monoisotopic (exact) mass is 132 g/mol. The SMILES string of the molecule is CC1=NNC(Cl)CC1. The van der Waals surface area contributed by atoms with Gasteiger partial charge in [0.1, 0.15) is 5.50 Å². The molecule has 3 heteroatoms. The fourth-order valence-corrected chi connectivity index (χ4v) is 0.794. The average Bonchev–Trinajstić information content (AvgIpc) is 1.77. The third kappa shape index (κ3) is 1.37. The first-order valence-electron chi connectivity index (χ1n) is 2.72. The molecular weight excluding hydrogens is 124 g/mol. The smallest absolute Gasteiger partial charge is 0.118 e. The Morgan fingerprint density at radius 3 is 3.00 bits per heavy atom. The lowest BCUT2D eigenvalue weighted by Crippen LogP contribution is -2.24. The van der Waals surface area contributed by atoms with Crippen molar-refractivity contribution >= 4 is 17.3 Å². The first kappa shape index (κ1) is 5.89. The van der Waals surface area contributed by atoms with Crippen molar-refractivity contribution < 1.29 is 0 Å². The van der Waals surface area contributed by atoms with E-state index in [4.69, 9.17) is 11.6 Å². The lowest BCUT2D eigenvalue weighted by Gasteiger charge is -2.14. The van der Waals surface area contributed by atoms with Crippen molar-refractivity contribution in [3.63, 3.8) is 0 Å². The number of hydrogen-bond acceptors (Lipinski definition) is 2. The molecule has 0 saturated heterocycles. The van der Waals surface area contributed by atoms with Gasteiger partial charge in [-0.05, 0) is 19.8 Å². The Kier molecular flexibility index (Phi) is 1.73. The second kappa shape index (κ2) is 2.35. The van der Waals surface area contributed by atoms with Crippen LogP contribution in [0, 0.1) is 0 Å². The minimum absolute atomic E-state index is 0.0544. The Bertz CT molecular complexity index is 111. The molecule has 1 rings (SSSR count). The molecule has 1 atom stereocenters. The molecule has 0 fully saturated rings. The van der Waals surface area contributed by atoms with Gasteiger partial charge in [0.05, 0.1) is 0 Å². The highest BCUT2D eigenvalue weighted by Gasteiger charge is 2.07. The summed E-state index contributed by atoms with van der Waals surface area (Å²) in [4.78, 5) is 0. The van der Waals surface area contributed by atoms with E-state index in [1.807, 2.05) is 6.92 Å². The zero-order valence-corrected chi connectivity index (χ0v) is 5.57. The van der Waals surface area contributed by atoms with Crippen LogP contribution in [-0.2, 0) is 0 Å². The highest BCUT2D eigenvalue weighted by Crippen LogP contribution is 2.07. The quantitative estimate of drug-likeness (QED) is 0.390. The number of hydrogen-bond donors (Lipinski definition) is 1. The topological polar surface area (TPSA) is 24.4 Å². The average molecular weight is 133 g/mol. The molecule has 46 valence electrons. The van der Waals surface area contributed by atoms with Gasteiger partial charge in [-0.15, -0.1) is 0 Å². The van der Waals surface area contributed by atoms with Crippen LogP contribution in [0.15, 0.2) is 5.10 Å². The molecule has 0 aromatic carbocycles. The molecule has 2 nitrogen and oxygen atoms in total. The van der Waals surface area contributed by atoms with E-state index >= 15 is 0 Å². The number of hydrazone groups is 1. The molecule has 0 amide bonds. The van der Waals surface area contributed by atoms with Gasteiger partial charge in [-0.1, -0.05) is 11.6 Å². The van der Waals surface area contributed by atoms with Gasteiger partial charge < -0.3 is 0 Å². The van der Waals surface area contributed by atoms with Crippen molar-refractivity contribution in [1.82, 2.24) is 5.43 Å². The second-order valence-electron chi connectivity index (χ2n) is 1.98. The van der Waals surface area contributed by atoms with Gasteiger partial charge in [-0.3, -0.25) is 5.43 Å². The summed E-state index contributed by atoms with van der Waals surface area (Å²) in [7, 11) is 0. The van der Waals surface area contributed by atoms with Crippen LogP contribution >= 0.6 is 11.6 Å².